The van der Waals surface area contributed by atoms with Gasteiger partial charge in [0.2, 0.25) is 0 Å². The summed E-state index contributed by atoms with van der Waals surface area (Å²) in [6.45, 7) is 2.86. The van der Waals surface area contributed by atoms with Crippen LogP contribution in [0.25, 0.3) is 0 Å². The summed E-state index contributed by atoms with van der Waals surface area (Å²) in [5, 5.41) is 3.34. The van der Waals surface area contributed by atoms with Crippen molar-refractivity contribution in [3.63, 3.8) is 0 Å². The minimum Gasteiger partial charge on any atom is -0.494 e. The molecule has 4 heteroatoms. The Morgan fingerprint density at radius 3 is 2.75 bits per heavy atom. The minimum atomic E-state index is -0.339. The van der Waals surface area contributed by atoms with Crippen LogP contribution in [0.15, 0.2) is 42.6 Å². The summed E-state index contributed by atoms with van der Waals surface area (Å²) in [5.74, 6) is -0.0871. The molecule has 1 heterocycles. The fourth-order valence-corrected chi connectivity index (χ4v) is 2.12. The van der Waals surface area contributed by atoms with Gasteiger partial charge in [0.15, 0.2) is 11.6 Å². The van der Waals surface area contributed by atoms with Crippen LogP contribution in [-0.2, 0) is 0 Å². The van der Waals surface area contributed by atoms with Crippen LogP contribution in [0.2, 0.25) is 0 Å². The predicted molar refractivity (Wildman–Crippen MR) is 77.3 cm³/mol. The predicted octanol–water partition coefficient (Wildman–Crippen LogP) is 3.32. The number of hydrogen-bond acceptors (Lipinski definition) is 3. The maximum Gasteiger partial charge on any atom is 0.170 e. The molecule has 0 radical (unpaired) electrons. The van der Waals surface area contributed by atoms with Gasteiger partial charge in [-0.25, -0.2) is 4.39 Å². The smallest absolute Gasteiger partial charge is 0.170 e. The highest BCUT2D eigenvalue weighted by molar-refractivity contribution is 5.36. The molecule has 1 unspecified atom stereocenters. The Kier molecular flexibility index (Phi) is 5.07. The third kappa shape index (κ3) is 3.14. The second kappa shape index (κ2) is 7.01. The lowest BCUT2D eigenvalue weighted by atomic mass is 10.0. The number of methoxy groups -OCH3 is 1. The van der Waals surface area contributed by atoms with Crippen LogP contribution in [0, 0.1) is 5.82 Å². The number of rotatable bonds is 6. The van der Waals surface area contributed by atoms with Gasteiger partial charge in [-0.3, -0.25) is 4.98 Å². The van der Waals surface area contributed by atoms with Gasteiger partial charge >= 0.3 is 0 Å². The first-order valence-corrected chi connectivity index (χ1v) is 6.74. The number of aromatic nitrogens is 1. The molecule has 1 N–H and O–H groups in total. The highest BCUT2D eigenvalue weighted by atomic mass is 19.1. The molecule has 0 fully saturated rings. The van der Waals surface area contributed by atoms with Crippen molar-refractivity contribution in [3.05, 3.63) is 59.7 Å². The topological polar surface area (TPSA) is 34.2 Å². The third-order valence-corrected chi connectivity index (χ3v) is 3.11. The normalized spacial score (nSPS) is 12.2. The van der Waals surface area contributed by atoms with E-state index < -0.39 is 0 Å². The summed E-state index contributed by atoms with van der Waals surface area (Å²) in [6, 6.07) is 10.6. The molecule has 1 aromatic carbocycles. The largest absolute Gasteiger partial charge is 0.494 e. The second-order valence-corrected chi connectivity index (χ2v) is 4.51. The van der Waals surface area contributed by atoms with E-state index in [9.17, 15) is 4.39 Å². The van der Waals surface area contributed by atoms with Crippen LogP contribution in [0.1, 0.15) is 30.6 Å². The molecule has 2 aromatic rings. The van der Waals surface area contributed by atoms with E-state index in [2.05, 4.69) is 17.2 Å². The number of ether oxygens (including phenoxy) is 1. The lowest BCUT2D eigenvalue weighted by Gasteiger charge is -2.20. The molecule has 3 nitrogen and oxygen atoms in total. The molecule has 0 aliphatic heterocycles. The van der Waals surface area contributed by atoms with E-state index >= 15 is 0 Å². The zero-order valence-corrected chi connectivity index (χ0v) is 11.8. The monoisotopic (exact) mass is 274 g/mol. The zero-order chi connectivity index (χ0) is 14.4. The number of halogens is 1. The van der Waals surface area contributed by atoms with Gasteiger partial charge in [0.05, 0.1) is 18.8 Å². The van der Waals surface area contributed by atoms with Crippen LogP contribution in [-0.4, -0.2) is 18.6 Å². The highest BCUT2D eigenvalue weighted by Crippen LogP contribution is 2.28. The van der Waals surface area contributed by atoms with E-state index in [1.165, 1.54) is 7.11 Å². The molecular formula is C16H19FN2O. The Hall–Kier alpha value is -1.94. The van der Waals surface area contributed by atoms with Crippen LogP contribution in [0.4, 0.5) is 4.39 Å². The molecular weight excluding hydrogens is 255 g/mol. The van der Waals surface area contributed by atoms with Gasteiger partial charge in [-0.2, -0.15) is 0 Å². The Bertz CT molecular complexity index is 545. The van der Waals surface area contributed by atoms with Gasteiger partial charge in [-0.15, -0.1) is 0 Å². The molecule has 0 saturated heterocycles. The summed E-state index contributed by atoms with van der Waals surface area (Å²) in [6.07, 6.45) is 2.68. The van der Waals surface area contributed by atoms with Crippen molar-refractivity contribution >= 4 is 0 Å². The van der Waals surface area contributed by atoms with Crippen LogP contribution >= 0.6 is 0 Å². The van der Waals surface area contributed by atoms with E-state index in [0.29, 0.717) is 5.56 Å². The van der Waals surface area contributed by atoms with Crippen LogP contribution in [0.3, 0.4) is 0 Å². The van der Waals surface area contributed by atoms with Crippen molar-refractivity contribution in [3.8, 4) is 5.75 Å². The summed E-state index contributed by atoms with van der Waals surface area (Å²) >= 11 is 0. The second-order valence-electron chi connectivity index (χ2n) is 4.51. The van der Waals surface area contributed by atoms with E-state index in [0.717, 1.165) is 18.7 Å². The van der Waals surface area contributed by atoms with E-state index in [1.54, 1.807) is 24.4 Å². The SMILES string of the molecule is CCCNC(c1ccccn1)c1cccc(OC)c1F. The quantitative estimate of drug-likeness (QED) is 0.877. The average molecular weight is 274 g/mol. The van der Waals surface area contributed by atoms with Crippen molar-refractivity contribution < 1.29 is 9.13 Å². The summed E-state index contributed by atoms with van der Waals surface area (Å²) in [7, 11) is 1.47. The first kappa shape index (κ1) is 14.5. The summed E-state index contributed by atoms with van der Waals surface area (Å²) < 4.78 is 19.5. The molecule has 0 aliphatic rings. The minimum absolute atomic E-state index is 0.252. The van der Waals surface area contributed by atoms with Crippen molar-refractivity contribution in [2.24, 2.45) is 0 Å². The molecule has 20 heavy (non-hydrogen) atoms. The molecule has 0 spiro atoms. The molecule has 1 aromatic heterocycles. The fraction of sp³-hybridized carbons (Fsp3) is 0.312. The lowest BCUT2D eigenvalue weighted by Crippen LogP contribution is -2.25. The number of hydrogen-bond donors (Lipinski definition) is 1. The van der Waals surface area contributed by atoms with E-state index in [1.807, 2.05) is 18.2 Å². The maximum atomic E-state index is 14.4. The molecule has 1 atom stereocenters. The Morgan fingerprint density at radius 2 is 2.10 bits per heavy atom. The number of pyridine rings is 1. The van der Waals surface area contributed by atoms with Crippen LogP contribution < -0.4 is 10.1 Å². The Balaban J connectivity index is 2.41. The van der Waals surface area contributed by atoms with Gasteiger partial charge in [-0.1, -0.05) is 25.1 Å². The maximum absolute atomic E-state index is 14.4. The molecule has 2 rings (SSSR count). The first-order valence-electron chi connectivity index (χ1n) is 6.74. The van der Waals surface area contributed by atoms with E-state index in [-0.39, 0.29) is 17.6 Å². The molecule has 0 saturated carbocycles. The fourth-order valence-electron chi connectivity index (χ4n) is 2.12. The van der Waals surface area contributed by atoms with Crippen molar-refractivity contribution in [2.75, 3.05) is 13.7 Å². The van der Waals surface area contributed by atoms with Gasteiger partial charge in [0.1, 0.15) is 0 Å². The van der Waals surface area contributed by atoms with Gasteiger partial charge in [0.25, 0.3) is 0 Å². The summed E-state index contributed by atoms with van der Waals surface area (Å²) in [5.41, 5.74) is 1.35. The lowest BCUT2D eigenvalue weighted by molar-refractivity contribution is 0.381. The number of nitrogens with zero attached hydrogens (tertiary/aromatic N) is 1. The molecule has 106 valence electrons. The van der Waals surface area contributed by atoms with Crippen molar-refractivity contribution in [1.82, 2.24) is 10.3 Å². The van der Waals surface area contributed by atoms with E-state index in [4.69, 9.17) is 4.74 Å². The average Bonchev–Trinajstić information content (AvgIpc) is 2.50. The van der Waals surface area contributed by atoms with Gasteiger partial charge in [-0.05, 0) is 31.2 Å². The zero-order valence-electron chi connectivity index (χ0n) is 11.8. The standard InChI is InChI=1S/C16H19FN2O/c1-3-10-19-16(13-8-4-5-11-18-13)12-7-6-9-14(20-2)15(12)17/h4-9,11,16,19H,3,10H2,1-2H3. The van der Waals surface area contributed by atoms with Gasteiger partial charge in [0, 0.05) is 11.8 Å². The molecule has 0 amide bonds. The third-order valence-electron chi connectivity index (χ3n) is 3.11. The first-order chi connectivity index (χ1) is 9.77. The van der Waals surface area contributed by atoms with Gasteiger partial charge < -0.3 is 10.1 Å². The van der Waals surface area contributed by atoms with Crippen LogP contribution in [0.5, 0.6) is 5.75 Å². The Labute approximate surface area is 118 Å². The number of benzene rings is 1. The highest BCUT2D eigenvalue weighted by Gasteiger charge is 2.20. The van der Waals surface area contributed by atoms with Crippen molar-refractivity contribution in [1.29, 1.82) is 0 Å². The molecule has 0 bridgehead atoms. The van der Waals surface area contributed by atoms with Crippen molar-refractivity contribution in [2.45, 2.75) is 19.4 Å². The number of nitrogens with one attached hydrogen (secondary N) is 1. The molecule has 0 aliphatic carbocycles. The Morgan fingerprint density at radius 1 is 1.25 bits per heavy atom. The summed E-state index contributed by atoms with van der Waals surface area (Å²) in [4.78, 5) is 4.33.